The van der Waals surface area contributed by atoms with E-state index in [1.165, 1.54) is 48.2 Å². The first-order chi connectivity index (χ1) is 14.0. The van der Waals surface area contributed by atoms with E-state index in [1.54, 1.807) is 12.1 Å². The van der Waals surface area contributed by atoms with Crippen LogP contribution in [0.4, 0.5) is 20.2 Å². The number of hydrogen-bond acceptors (Lipinski definition) is 5. The van der Waals surface area contributed by atoms with Gasteiger partial charge in [-0.25, -0.2) is 13.8 Å². The van der Waals surface area contributed by atoms with Crippen LogP contribution in [0.1, 0.15) is 19.8 Å². The average molecular weight is 419 g/mol. The molecule has 1 aliphatic rings. The summed E-state index contributed by atoms with van der Waals surface area (Å²) in [7, 11) is 0. The van der Waals surface area contributed by atoms with Crippen LogP contribution in [0.2, 0.25) is 0 Å². The summed E-state index contributed by atoms with van der Waals surface area (Å²) in [5.74, 6) is -0.672. The van der Waals surface area contributed by atoms with Crippen molar-refractivity contribution in [3.63, 3.8) is 0 Å². The molecule has 2 aromatic rings. The molecule has 0 radical (unpaired) electrons. The molecule has 0 unspecified atom stereocenters. The van der Waals surface area contributed by atoms with Gasteiger partial charge in [-0.05, 0) is 55.0 Å². The number of unbranched alkanes of at least 4 members (excludes halogenated alkanes) is 1. The van der Waals surface area contributed by atoms with Gasteiger partial charge >= 0.3 is 0 Å². The van der Waals surface area contributed by atoms with E-state index in [2.05, 4.69) is 22.1 Å². The molecule has 1 aliphatic heterocycles. The van der Waals surface area contributed by atoms with Gasteiger partial charge in [-0.1, -0.05) is 25.1 Å². The second-order valence-electron chi connectivity index (χ2n) is 6.72. The molecule has 0 saturated carbocycles. The average Bonchev–Trinajstić information content (AvgIpc) is 2.73. The number of nitrogens with zero attached hydrogens (tertiary/aromatic N) is 3. The Morgan fingerprint density at radius 1 is 1.10 bits per heavy atom. The highest BCUT2D eigenvalue weighted by Crippen LogP contribution is 2.24. The number of benzene rings is 2. The molecule has 154 valence electrons. The van der Waals surface area contributed by atoms with Gasteiger partial charge in [-0.15, -0.1) is 0 Å². The van der Waals surface area contributed by atoms with E-state index in [9.17, 15) is 13.6 Å². The molecule has 2 aromatic carbocycles. The fraction of sp³-hybridized carbons (Fsp3) is 0.333. The Hall–Kier alpha value is -2.45. The van der Waals surface area contributed by atoms with Crippen molar-refractivity contribution < 1.29 is 13.6 Å². The summed E-state index contributed by atoms with van der Waals surface area (Å²) in [6.07, 6.45) is 2.18. The zero-order chi connectivity index (χ0) is 20.6. The lowest BCUT2D eigenvalue weighted by atomic mass is 10.3. The van der Waals surface area contributed by atoms with E-state index in [-0.39, 0.29) is 23.3 Å². The minimum atomic E-state index is -0.350. The van der Waals surface area contributed by atoms with Crippen molar-refractivity contribution in [3.8, 4) is 0 Å². The van der Waals surface area contributed by atoms with Crippen LogP contribution in [0.15, 0.2) is 53.5 Å². The number of amides is 1. The number of thioether (sulfide) groups is 1. The van der Waals surface area contributed by atoms with Gasteiger partial charge in [0.25, 0.3) is 0 Å². The summed E-state index contributed by atoms with van der Waals surface area (Å²) in [4.78, 5) is 21.1. The number of aliphatic imine (C=N–C) groups is 1. The molecule has 0 atom stereocenters. The molecule has 0 spiro atoms. The van der Waals surface area contributed by atoms with Crippen LogP contribution in [-0.4, -0.2) is 41.6 Å². The summed E-state index contributed by atoms with van der Waals surface area (Å²) >= 11 is 1.33. The SMILES string of the molecule is CCCCN1CN=C(SCC(=O)Nc2ccc(F)cc2)N(c2ccc(F)cc2)C1. The van der Waals surface area contributed by atoms with Gasteiger partial charge in [-0.2, -0.15) is 0 Å². The molecular weight excluding hydrogens is 394 g/mol. The summed E-state index contributed by atoms with van der Waals surface area (Å²) in [5.41, 5.74) is 1.38. The van der Waals surface area contributed by atoms with Crippen LogP contribution in [0.5, 0.6) is 0 Å². The Kier molecular flexibility index (Phi) is 7.60. The van der Waals surface area contributed by atoms with Gasteiger partial charge < -0.3 is 10.2 Å². The van der Waals surface area contributed by atoms with Crippen molar-refractivity contribution >= 4 is 34.2 Å². The third-order valence-corrected chi connectivity index (χ3v) is 5.42. The number of halogens is 2. The van der Waals surface area contributed by atoms with Crippen LogP contribution in [-0.2, 0) is 4.79 Å². The Morgan fingerprint density at radius 3 is 2.41 bits per heavy atom. The molecule has 0 bridgehead atoms. The number of anilines is 2. The molecule has 0 aromatic heterocycles. The Balaban J connectivity index is 1.65. The molecule has 3 rings (SSSR count). The van der Waals surface area contributed by atoms with Gasteiger partial charge in [0.05, 0.1) is 19.1 Å². The van der Waals surface area contributed by atoms with Gasteiger partial charge in [0.15, 0.2) is 5.17 Å². The third kappa shape index (κ3) is 6.27. The van der Waals surface area contributed by atoms with Crippen LogP contribution < -0.4 is 10.2 Å². The predicted molar refractivity (Wildman–Crippen MR) is 115 cm³/mol. The van der Waals surface area contributed by atoms with Crippen LogP contribution in [0.25, 0.3) is 0 Å². The first-order valence-corrected chi connectivity index (χ1v) is 10.5. The first kappa shape index (κ1) is 21.3. The molecule has 29 heavy (non-hydrogen) atoms. The Bertz CT molecular complexity index is 843. The van der Waals surface area contributed by atoms with Crippen molar-refractivity contribution in [1.82, 2.24) is 4.90 Å². The third-order valence-electron chi connectivity index (χ3n) is 4.40. The molecule has 1 amide bonds. The molecule has 1 N–H and O–H groups in total. The summed E-state index contributed by atoms with van der Waals surface area (Å²) in [6, 6.07) is 11.9. The van der Waals surface area contributed by atoms with E-state index in [4.69, 9.17) is 0 Å². The maximum Gasteiger partial charge on any atom is 0.234 e. The number of nitrogens with one attached hydrogen (secondary N) is 1. The number of carbonyl (C=O) groups is 1. The van der Waals surface area contributed by atoms with Crippen molar-refractivity contribution in [2.24, 2.45) is 4.99 Å². The van der Waals surface area contributed by atoms with Crippen molar-refractivity contribution in [1.29, 1.82) is 0 Å². The zero-order valence-electron chi connectivity index (χ0n) is 16.3. The van der Waals surface area contributed by atoms with E-state index < -0.39 is 0 Å². The van der Waals surface area contributed by atoms with Gasteiger partial charge in [0.1, 0.15) is 11.6 Å². The van der Waals surface area contributed by atoms with Gasteiger partial charge in [0, 0.05) is 17.9 Å². The second kappa shape index (κ2) is 10.4. The van der Waals surface area contributed by atoms with E-state index >= 15 is 0 Å². The highest BCUT2D eigenvalue weighted by Gasteiger charge is 2.23. The van der Waals surface area contributed by atoms with E-state index in [0.717, 1.165) is 30.2 Å². The fourth-order valence-corrected chi connectivity index (χ4v) is 3.67. The number of amidine groups is 1. The highest BCUT2D eigenvalue weighted by molar-refractivity contribution is 8.14. The zero-order valence-corrected chi connectivity index (χ0v) is 17.1. The second-order valence-corrected chi connectivity index (χ2v) is 7.66. The van der Waals surface area contributed by atoms with Gasteiger partial charge in [-0.3, -0.25) is 9.69 Å². The maximum atomic E-state index is 13.3. The van der Waals surface area contributed by atoms with E-state index in [0.29, 0.717) is 19.0 Å². The lowest BCUT2D eigenvalue weighted by Gasteiger charge is -2.35. The van der Waals surface area contributed by atoms with Crippen LogP contribution in [0.3, 0.4) is 0 Å². The summed E-state index contributed by atoms with van der Waals surface area (Å²) < 4.78 is 26.3. The quantitative estimate of drug-likeness (QED) is 0.718. The molecule has 0 aliphatic carbocycles. The molecule has 0 fully saturated rings. The lowest BCUT2D eigenvalue weighted by Crippen LogP contribution is -2.46. The predicted octanol–water partition coefficient (Wildman–Crippen LogP) is 4.53. The maximum absolute atomic E-state index is 13.3. The normalized spacial score (nSPS) is 14.6. The molecule has 1 heterocycles. The molecular formula is C21H24F2N4OS. The van der Waals surface area contributed by atoms with Gasteiger partial charge in [0.2, 0.25) is 5.91 Å². The molecule has 5 nitrogen and oxygen atoms in total. The summed E-state index contributed by atoms with van der Waals surface area (Å²) in [5, 5.41) is 3.47. The fourth-order valence-electron chi connectivity index (χ4n) is 2.87. The summed E-state index contributed by atoms with van der Waals surface area (Å²) in [6.45, 7) is 4.28. The minimum Gasteiger partial charge on any atom is -0.325 e. The Morgan fingerprint density at radius 2 is 1.76 bits per heavy atom. The standard InChI is InChI=1S/C21H24F2N4OS/c1-2-3-12-26-14-24-21(27(15-26)19-10-6-17(23)7-11-19)29-13-20(28)25-18-8-4-16(22)5-9-18/h4-11H,2-3,12-15H2,1H3,(H,25,28). The monoisotopic (exact) mass is 418 g/mol. The smallest absolute Gasteiger partial charge is 0.234 e. The topological polar surface area (TPSA) is 47.9 Å². The van der Waals surface area contributed by atoms with Crippen molar-refractivity contribution in [3.05, 3.63) is 60.2 Å². The number of rotatable bonds is 7. The largest absolute Gasteiger partial charge is 0.325 e. The molecule has 0 saturated heterocycles. The number of carbonyl (C=O) groups excluding carboxylic acids is 1. The lowest BCUT2D eigenvalue weighted by molar-refractivity contribution is -0.113. The van der Waals surface area contributed by atoms with E-state index in [1.807, 2.05) is 4.90 Å². The Labute approximate surface area is 173 Å². The number of hydrogen-bond donors (Lipinski definition) is 1. The van der Waals surface area contributed by atoms with Crippen LogP contribution in [0, 0.1) is 11.6 Å². The first-order valence-electron chi connectivity index (χ1n) is 9.53. The van der Waals surface area contributed by atoms with Crippen molar-refractivity contribution in [2.45, 2.75) is 19.8 Å². The van der Waals surface area contributed by atoms with Crippen molar-refractivity contribution in [2.75, 3.05) is 35.9 Å². The minimum absolute atomic E-state index is 0.170. The van der Waals surface area contributed by atoms with Crippen LogP contribution >= 0.6 is 11.8 Å². The molecule has 8 heteroatoms. The highest BCUT2D eigenvalue weighted by atomic mass is 32.2.